The van der Waals surface area contributed by atoms with Crippen molar-refractivity contribution in [2.45, 2.75) is 26.7 Å². The summed E-state index contributed by atoms with van der Waals surface area (Å²) in [7, 11) is 0. The van der Waals surface area contributed by atoms with Gasteiger partial charge in [-0.05, 0) is 18.8 Å². The number of thiazole rings is 1. The number of aromatic nitrogens is 1. The van der Waals surface area contributed by atoms with Crippen molar-refractivity contribution in [3.8, 4) is 0 Å². The average Bonchev–Trinajstić information content (AvgIpc) is 3.14. The van der Waals surface area contributed by atoms with E-state index in [4.69, 9.17) is 0 Å². The van der Waals surface area contributed by atoms with Gasteiger partial charge in [0.2, 0.25) is 5.91 Å². The Balaban J connectivity index is 1.48. The largest absolute Gasteiger partial charge is 0.481 e. The maximum absolute atomic E-state index is 12.8. The maximum atomic E-state index is 12.8. The van der Waals surface area contributed by atoms with E-state index in [9.17, 15) is 19.5 Å². The molecule has 1 N–H and O–H groups in total. The van der Waals surface area contributed by atoms with Gasteiger partial charge in [-0.25, -0.2) is 0 Å². The third kappa shape index (κ3) is 2.62. The number of hydrogen-bond acceptors (Lipinski definition) is 5. The Hall–Kier alpha value is -1.96. The summed E-state index contributed by atoms with van der Waals surface area (Å²) >= 11 is 1.26. The summed E-state index contributed by atoms with van der Waals surface area (Å²) in [6.07, 6.45) is 3.70. The minimum atomic E-state index is -0.891. The molecule has 0 aromatic carbocycles. The third-order valence-corrected chi connectivity index (χ3v) is 7.09. The molecule has 1 atom stereocenters. The summed E-state index contributed by atoms with van der Waals surface area (Å²) < 4.78 is 0. The molecule has 3 aliphatic rings. The van der Waals surface area contributed by atoms with E-state index in [-0.39, 0.29) is 23.8 Å². The molecular formula is C18H23N3O4S. The molecule has 2 amide bonds. The van der Waals surface area contributed by atoms with Gasteiger partial charge in [-0.3, -0.25) is 19.4 Å². The van der Waals surface area contributed by atoms with Gasteiger partial charge in [0.15, 0.2) is 0 Å². The van der Waals surface area contributed by atoms with Crippen LogP contribution in [-0.2, 0) is 9.59 Å². The molecule has 0 bridgehead atoms. The first-order valence-corrected chi connectivity index (χ1v) is 9.82. The number of carboxylic acid groups (broad SMARTS) is 1. The van der Waals surface area contributed by atoms with Gasteiger partial charge in [-0.1, -0.05) is 13.8 Å². The van der Waals surface area contributed by atoms with Crippen LogP contribution in [0, 0.1) is 22.7 Å². The first kappa shape index (κ1) is 17.5. The highest BCUT2D eigenvalue weighted by Crippen LogP contribution is 2.50. The molecule has 1 spiro atoms. The van der Waals surface area contributed by atoms with Crippen molar-refractivity contribution in [2.75, 3.05) is 26.2 Å². The summed E-state index contributed by atoms with van der Waals surface area (Å²) in [4.78, 5) is 45.1. The van der Waals surface area contributed by atoms with Gasteiger partial charge in [0.1, 0.15) is 4.88 Å². The Morgan fingerprint density at radius 3 is 2.42 bits per heavy atom. The fraction of sp³-hybridized carbons (Fsp3) is 0.667. The molecule has 1 aromatic heterocycles. The molecule has 26 heavy (non-hydrogen) atoms. The fourth-order valence-electron chi connectivity index (χ4n) is 4.51. The fourth-order valence-corrected chi connectivity index (χ4v) is 5.09. The molecule has 0 radical (unpaired) electrons. The smallest absolute Gasteiger partial charge is 0.309 e. The molecule has 7 nitrogen and oxygen atoms in total. The molecule has 1 unspecified atom stereocenters. The zero-order valence-electron chi connectivity index (χ0n) is 15.0. The number of carbonyl (C=O) groups is 3. The van der Waals surface area contributed by atoms with Crippen LogP contribution in [0.2, 0.25) is 0 Å². The van der Waals surface area contributed by atoms with Crippen LogP contribution < -0.4 is 0 Å². The molecule has 4 rings (SSSR count). The number of carboxylic acids is 1. The number of amides is 2. The second-order valence-corrected chi connectivity index (χ2v) is 9.35. The van der Waals surface area contributed by atoms with Crippen LogP contribution in [0.5, 0.6) is 0 Å². The van der Waals surface area contributed by atoms with Gasteiger partial charge in [0.25, 0.3) is 5.91 Å². The molecule has 140 valence electrons. The SMILES string of the molecule is CC(C)(C(=O)N1CC2(CN(C(=O)c3cncs3)CC2C(=O)O)C1)C1CC1. The van der Waals surface area contributed by atoms with Crippen molar-refractivity contribution < 1.29 is 19.5 Å². The molecule has 2 aliphatic heterocycles. The zero-order chi connectivity index (χ0) is 18.7. The minimum Gasteiger partial charge on any atom is -0.481 e. The van der Waals surface area contributed by atoms with Crippen LogP contribution in [0.1, 0.15) is 36.4 Å². The Morgan fingerprint density at radius 2 is 1.88 bits per heavy atom. The number of carbonyl (C=O) groups excluding carboxylic acids is 2. The number of aliphatic carboxylic acids is 1. The molecule has 2 saturated heterocycles. The molecule has 1 saturated carbocycles. The highest BCUT2D eigenvalue weighted by molar-refractivity contribution is 7.11. The number of likely N-dealkylation sites (tertiary alicyclic amines) is 2. The summed E-state index contributed by atoms with van der Waals surface area (Å²) in [5.74, 6) is -1.14. The second kappa shape index (κ2) is 5.77. The lowest BCUT2D eigenvalue weighted by Crippen LogP contribution is -2.65. The van der Waals surface area contributed by atoms with Crippen molar-refractivity contribution in [3.05, 3.63) is 16.6 Å². The topological polar surface area (TPSA) is 90.8 Å². The van der Waals surface area contributed by atoms with Crippen LogP contribution in [0.4, 0.5) is 0 Å². The lowest BCUT2D eigenvalue weighted by molar-refractivity contribution is -0.163. The van der Waals surface area contributed by atoms with Crippen molar-refractivity contribution in [1.82, 2.24) is 14.8 Å². The van der Waals surface area contributed by atoms with E-state index in [0.717, 1.165) is 12.8 Å². The van der Waals surface area contributed by atoms with Gasteiger partial charge in [-0.2, -0.15) is 0 Å². The van der Waals surface area contributed by atoms with E-state index in [1.54, 1.807) is 15.3 Å². The van der Waals surface area contributed by atoms with Crippen LogP contribution in [-0.4, -0.2) is 63.9 Å². The predicted molar refractivity (Wildman–Crippen MR) is 94.7 cm³/mol. The summed E-state index contributed by atoms with van der Waals surface area (Å²) in [5, 5.41) is 9.68. The van der Waals surface area contributed by atoms with E-state index in [1.165, 1.54) is 17.5 Å². The monoisotopic (exact) mass is 377 g/mol. The predicted octanol–water partition coefficient (Wildman–Crippen LogP) is 1.56. The van der Waals surface area contributed by atoms with Crippen LogP contribution in [0.3, 0.4) is 0 Å². The Bertz CT molecular complexity index is 750. The van der Waals surface area contributed by atoms with Gasteiger partial charge in [0.05, 0.1) is 17.6 Å². The summed E-state index contributed by atoms with van der Waals surface area (Å²) in [6, 6.07) is 0. The normalized spacial score (nSPS) is 24.6. The van der Waals surface area contributed by atoms with E-state index >= 15 is 0 Å². The van der Waals surface area contributed by atoms with Gasteiger partial charge in [0, 0.05) is 37.0 Å². The quantitative estimate of drug-likeness (QED) is 0.860. The molecule has 1 aliphatic carbocycles. The first-order valence-electron chi connectivity index (χ1n) is 8.94. The number of hydrogen-bond donors (Lipinski definition) is 1. The van der Waals surface area contributed by atoms with E-state index in [1.807, 2.05) is 13.8 Å². The highest BCUT2D eigenvalue weighted by atomic mass is 32.1. The molecular weight excluding hydrogens is 354 g/mol. The maximum Gasteiger partial charge on any atom is 0.309 e. The van der Waals surface area contributed by atoms with Crippen LogP contribution in [0.25, 0.3) is 0 Å². The zero-order valence-corrected chi connectivity index (χ0v) is 15.8. The van der Waals surface area contributed by atoms with E-state index in [0.29, 0.717) is 30.4 Å². The highest BCUT2D eigenvalue weighted by Gasteiger charge is 2.60. The summed E-state index contributed by atoms with van der Waals surface area (Å²) in [5.41, 5.74) is 0.690. The second-order valence-electron chi connectivity index (χ2n) is 8.46. The van der Waals surface area contributed by atoms with Crippen LogP contribution in [0.15, 0.2) is 11.7 Å². The van der Waals surface area contributed by atoms with Gasteiger partial charge >= 0.3 is 5.97 Å². The molecule has 3 fully saturated rings. The Labute approximate surface area is 156 Å². The third-order valence-electron chi connectivity index (χ3n) is 6.32. The first-order chi connectivity index (χ1) is 12.2. The van der Waals surface area contributed by atoms with Gasteiger partial charge in [-0.15, -0.1) is 11.3 Å². The van der Waals surface area contributed by atoms with Crippen LogP contribution >= 0.6 is 11.3 Å². The van der Waals surface area contributed by atoms with Crippen molar-refractivity contribution in [1.29, 1.82) is 0 Å². The standard InChI is InChI=1S/C18H23N3O4S/c1-17(2,11-3-4-11)16(25)21-8-18(9-21)7-20(6-12(18)15(23)24)14(22)13-5-19-10-26-13/h5,10-12H,3-4,6-9H2,1-2H3,(H,23,24). The Morgan fingerprint density at radius 1 is 1.23 bits per heavy atom. The van der Waals surface area contributed by atoms with Crippen molar-refractivity contribution >= 4 is 29.1 Å². The number of rotatable bonds is 4. The molecule has 3 heterocycles. The lowest BCUT2D eigenvalue weighted by atomic mass is 9.70. The van der Waals surface area contributed by atoms with Crippen molar-refractivity contribution in [3.63, 3.8) is 0 Å². The lowest BCUT2D eigenvalue weighted by Gasteiger charge is -2.51. The average molecular weight is 377 g/mol. The van der Waals surface area contributed by atoms with Gasteiger partial charge < -0.3 is 14.9 Å². The summed E-state index contributed by atoms with van der Waals surface area (Å²) in [6.45, 7) is 5.40. The van der Waals surface area contributed by atoms with Crippen molar-refractivity contribution in [2.24, 2.45) is 22.7 Å². The molecule has 8 heteroatoms. The molecule has 1 aromatic rings. The van der Waals surface area contributed by atoms with E-state index in [2.05, 4.69) is 4.98 Å². The van der Waals surface area contributed by atoms with E-state index < -0.39 is 17.3 Å². The minimum absolute atomic E-state index is 0.113. The number of nitrogens with zero attached hydrogens (tertiary/aromatic N) is 3. The Kier molecular flexibility index (Phi) is 3.87.